The normalized spacial score (nSPS) is 10.3. The second-order valence-electron chi connectivity index (χ2n) is 4.41. The minimum atomic E-state index is -0.456. The van der Waals surface area contributed by atoms with E-state index in [0.29, 0.717) is 17.7 Å². The van der Waals surface area contributed by atoms with E-state index in [4.69, 9.17) is 4.52 Å². The maximum Gasteiger partial charge on any atom is 0.292 e. The summed E-state index contributed by atoms with van der Waals surface area (Å²) < 4.78 is 4.88. The van der Waals surface area contributed by atoms with Crippen molar-refractivity contribution in [3.63, 3.8) is 0 Å². The van der Waals surface area contributed by atoms with E-state index in [1.165, 1.54) is 19.6 Å². The average Bonchev–Trinajstić information content (AvgIpc) is 3.01. The zero-order valence-corrected chi connectivity index (χ0v) is 12.3. The lowest BCUT2D eigenvalue weighted by Crippen LogP contribution is -2.25. The number of carbonyl (C=O) groups is 2. The highest BCUT2D eigenvalue weighted by molar-refractivity contribution is 5.94. The van der Waals surface area contributed by atoms with Crippen molar-refractivity contribution in [2.45, 2.75) is 26.3 Å². The second kappa shape index (κ2) is 7.25. The molecule has 22 heavy (non-hydrogen) atoms. The van der Waals surface area contributed by atoms with Gasteiger partial charge >= 0.3 is 0 Å². The van der Waals surface area contributed by atoms with Crippen molar-refractivity contribution in [1.29, 1.82) is 0 Å². The van der Waals surface area contributed by atoms with E-state index in [1.54, 1.807) is 0 Å². The van der Waals surface area contributed by atoms with Crippen LogP contribution in [-0.4, -0.2) is 39.0 Å². The quantitative estimate of drug-likeness (QED) is 0.775. The number of rotatable bonds is 6. The Morgan fingerprint density at radius 1 is 1.32 bits per heavy atom. The van der Waals surface area contributed by atoms with E-state index in [1.807, 2.05) is 6.92 Å². The maximum atomic E-state index is 12.2. The van der Waals surface area contributed by atoms with E-state index in [0.717, 1.165) is 6.42 Å². The molecule has 0 aromatic carbocycles. The highest BCUT2D eigenvalue weighted by atomic mass is 16.5. The van der Waals surface area contributed by atoms with Crippen LogP contribution in [-0.2, 0) is 13.0 Å². The van der Waals surface area contributed by atoms with E-state index in [2.05, 4.69) is 30.7 Å². The van der Waals surface area contributed by atoms with Crippen molar-refractivity contribution >= 4 is 11.8 Å². The number of amides is 2. The van der Waals surface area contributed by atoms with Crippen LogP contribution in [0.15, 0.2) is 17.0 Å². The van der Waals surface area contributed by atoms with Crippen molar-refractivity contribution < 1.29 is 14.1 Å². The Morgan fingerprint density at radius 2 is 2.14 bits per heavy atom. The van der Waals surface area contributed by atoms with Crippen LogP contribution in [0.1, 0.15) is 45.9 Å². The van der Waals surface area contributed by atoms with Gasteiger partial charge < -0.3 is 15.2 Å². The van der Waals surface area contributed by atoms with Crippen molar-refractivity contribution in [2.24, 2.45) is 0 Å². The molecule has 2 aromatic heterocycles. The summed E-state index contributed by atoms with van der Waals surface area (Å²) in [5.41, 5.74) is 1.10. The Hall–Kier alpha value is -2.84. The van der Waals surface area contributed by atoms with Crippen molar-refractivity contribution in [2.75, 3.05) is 7.05 Å². The molecule has 2 aromatic rings. The van der Waals surface area contributed by atoms with Gasteiger partial charge in [0.05, 0.1) is 17.8 Å². The SMILES string of the molecule is CCCc1ncncc1C(=O)NCc1nc(C(=O)NC)no1. The summed E-state index contributed by atoms with van der Waals surface area (Å²) in [4.78, 5) is 35.3. The van der Waals surface area contributed by atoms with Crippen molar-refractivity contribution in [1.82, 2.24) is 30.7 Å². The van der Waals surface area contributed by atoms with Crippen LogP contribution in [0.4, 0.5) is 0 Å². The maximum absolute atomic E-state index is 12.2. The number of aromatic nitrogens is 4. The van der Waals surface area contributed by atoms with Gasteiger partial charge in [-0.1, -0.05) is 18.5 Å². The van der Waals surface area contributed by atoms with Gasteiger partial charge in [0, 0.05) is 13.2 Å². The third-order valence-corrected chi connectivity index (χ3v) is 2.82. The first-order valence-corrected chi connectivity index (χ1v) is 6.77. The molecule has 0 saturated heterocycles. The van der Waals surface area contributed by atoms with Crippen LogP contribution in [0, 0.1) is 0 Å². The molecule has 0 aliphatic rings. The Morgan fingerprint density at radius 3 is 2.86 bits per heavy atom. The van der Waals surface area contributed by atoms with E-state index in [9.17, 15) is 9.59 Å². The van der Waals surface area contributed by atoms with Crippen molar-refractivity contribution in [3.05, 3.63) is 35.5 Å². The van der Waals surface area contributed by atoms with E-state index in [-0.39, 0.29) is 24.2 Å². The zero-order chi connectivity index (χ0) is 15.9. The molecule has 0 aliphatic heterocycles. The molecule has 0 spiro atoms. The fraction of sp³-hybridized carbons (Fsp3) is 0.385. The molecule has 2 amide bonds. The van der Waals surface area contributed by atoms with Gasteiger partial charge in [0.1, 0.15) is 6.33 Å². The second-order valence-corrected chi connectivity index (χ2v) is 4.41. The van der Waals surface area contributed by atoms with Gasteiger partial charge in [-0.2, -0.15) is 4.98 Å². The van der Waals surface area contributed by atoms with Gasteiger partial charge in [0.2, 0.25) is 5.89 Å². The molecule has 0 atom stereocenters. The topological polar surface area (TPSA) is 123 Å². The Balaban J connectivity index is 2.01. The Bertz CT molecular complexity index is 669. The molecule has 0 radical (unpaired) electrons. The van der Waals surface area contributed by atoms with Gasteiger partial charge in [-0.3, -0.25) is 9.59 Å². The lowest BCUT2D eigenvalue weighted by atomic mass is 10.1. The predicted molar refractivity (Wildman–Crippen MR) is 74.9 cm³/mol. The molecule has 2 rings (SSSR count). The molecule has 0 fully saturated rings. The predicted octanol–water partition coefficient (Wildman–Crippen LogP) is 0.102. The summed E-state index contributed by atoms with van der Waals surface area (Å²) >= 11 is 0. The summed E-state index contributed by atoms with van der Waals surface area (Å²) in [7, 11) is 1.46. The number of hydrogen-bond donors (Lipinski definition) is 2. The van der Waals surface area contributed by atoms with E-state index >= 15 is 0 Å². The van der Waals surface area contributed by atoms with Crippen LogP contribution >= 0.6 is 0 Å². The van der Waals surface area contributed by atoms with Crippen LogP contribution in [0.5, 0.6) is 0 Å². The first-order valence-electron chi connectivity index (χ1n) is 6.77. The molecule has 116 valence electrons. The minimum Gasteiger partial charge on any atom is -0.352 e. The van der Waals surface area contributed by atoms with Crippen molar-refractivity contribution in [3.8, 4) is 0 Å². The molecule has 0 aliphatic carbocycles. The van der Waals surface area contributed by atoms with Crippen LogP contribution < -0.4 is 10.6 Å². The van der Waals surface area contributed by atoms with Crippen LogP contribution in [0.2, 0.25) is 0 Å². The number of nitrogens with zero attached hydrogens (tertiary/aromatic N) is 4. The minimum absolute atomic E-state index is 0.0171. The lowest BCUT2D eigenvalue weighted by Gasteiger charge is -2.06. The first-order chi connectivity index (χ1) is 10.7. The summed E-state index contributed by atoms with van der Waals surface area (Å²) in [5, 5.41) is 8.53. The lowest BCUT2D eigenvalue weighted by molar-refractivity contribution is 0.0937. The molecule has 0 bridgehead atoms. The third-order valence-electron chi connectivity index (χ3n) is 2.82. The number of hydrogen-bond acceptors (Lipinski definition) is 7. The molecule has 0 saturated carbocycles. The van der Waals surface area contributed by atoms with Gasteiger partial charge in [0.15, 0.2) is 0 Å². The number of aryl methyl sites for hydroxylation is 1. The Kier molecular flexibility index (Phi) is 5.12. The Labute approximate surface area is 126 Å². The smallest absolute Gasteiger partial charge is 0.292 e. The first kappa shape index (κ1) is 15.5. The average molecular weight is 304 g/mol. The molecular formula is C13H16N6O3. The fourth-order valence-corrected chi connectivity index (χ4v) is 1.76. The van der Waals surface area contributed by atoms with E-state index < -0.39 is 5.91 Å². The fourth-order valence-electron chi connectivity index (χ4n) is 1.76. The standard InChI is InChI=1S/C13H16N6O3/c1-3-4-9-8(5-15-7-17-9)12(20)16-6-10-18-11(19-22-10)13(21)14-2/h5,7H,3-4,6H2,1-2H3,(H,14,21)(H,16,20). The van der Waals surface area contributed by atoms with Gasteiger partial charge in [-0.05, 0) is 6.42 Å². The summed E-state index contributed by atoms with van der Waals surface area (Å²) in [6.07, 6.45) is 4.44. The number of carbonyl (C=O) groups excluding carboxylic acids is 2. The van der Waals surface area contributed by atoms with Gasteiger partial charge in [-0.25, -0.2) is 9.97 Å². The molecule has 2 N–H and O–H groups in total. The van der Waals surface area contributed by atoms with Gasteiger partial charge in [0.25, 0.3) is 17.6 Å². The third kappa shape index (κ3) is 3.62. The van der Waals surface area contributed by atoms with Crippen LogP contribution in [0.3, 0.4) is 0 Å². The summed E-state index contributed by atoms with van der Waals surface area (Å²) in [6.45, 7) is 2.02. The summed E-state index contributed by atoms with van der Waals surface area (Å²) in [5.74, 6) is -0.728. The zero-order valence-electron chi connectivity index (χ0n) is 12.3. The molecule has 2 heterocycles. The highest BCUT2D eigenvalue weighted by Crippen LogP contribution is 2.07. The summed E-state index contributed by atoms with van der Waals surface area (Å²) in [6, 6.07) is 0. The molecule has 9 nitrogen and oxygen atoms in total. The monoisotopic (exact) mass is 304 g/mol. The van der Waals surface area contributed by atoms with Crippen LogP contribution in [0.25, 0.3) is 0 Å². The van der Waals surface area contributed by atoms with Gasteiger partial charge in [-0.15, -0.1) is 0 Å². The number of nitrogens with one attached hydrogen (secondary N) is 2. The molecule has 0 unspecified atom stereocenters. The molecular weight excluding hydrogens is 288 g/mol. The highest BCUT2D eigenvalue weighted by Gasteiger charge is 2.16. The molecule has 9 heteroatoms. The largest absolute Gasteiger partial charge is 0.352 e.